The first kappa shape index (κ1) is 16.5. The highest BCUT2D eigenvalue weighted by Crippen LogP contribution is 2.36. The summed E-state index contributed by atoms with van der Waals surface area (Å²) in [7, 11) is 0. The third-order valence-electron chi connectivity index (χ3n) is 2.48. The Morgan fingerprint density at radius 2 is 1.85 bits per heavy atom. The van der Waals surface area contributed by atoms with Gasteiger partial charge in [-0.05, 0) is 19.3 Å². The summed E-state index contributed by atoms with van der Waals surface area (Å²) < 4.78 is 5.38. The highest BCUT2D eigenvalue weighted by Gasteiger charge is 2.15. The first-order valence-electron chi connectivity index (χ1n) is 5.90. The summed E-state index contributed by atoms with van der Waals surface area (Å²) in [6.07, 6.45) is 2.05. The molecule has 20 heavy (non-hydrogen) atoms. The Kier molecular flexibility index (Phi) is 6.54. The number of halogens is 2. The molecule has 0 aliphatic heterocycles. The van der Waals surface area contributed by atoms with Crippen LogP contribution in [-0.2, 0) is 4.79 Å². The van der Waals surface area contributed by atoms with E-state index in [-0.39, 0.29) is 27.9 Å². The van der Waals surface area contributed by atoms with E-state index >= 15 is 0 Å². The van der Waals surface area contributed by atoms with E-state index in [1.165, 1.54) is 12.1 Å². The first-order chi connectivity index (χ1) is 9.41. The second-order valence-corrected chi connectivity index (χ2v) is 4.86. The highest BCUT2D eigenvalue weighted by molar-refractivity contribution is 6.37. The van der Waals surface area contributed by atoms with E-state index in [9.17, 15) is 14.9 Å². The van der Waals surface area contributed by atoms with E-state index in [1.54, 1.807) is 0 Å². The number of benzene rings is 1. The number of nitro benzene ring substituents is 1. The fraction of sp³-hybridized carbons (Fsp3) is 0.417. The molecule has 0 unspecified atom stereocenters. The van der Waals surface area contributed by atoms with Crippen LogP contribution in [0.5, 0.6) is 5.75 Å². The lowest BCUT2D eigenvalue weighted by atomic mass is 10.2. The molecule has 0 aliphatic rings. The Balaban J connectivity index is 2.48. The predicted octanol–water partition coefficient (Wildman–Crippen LogP) is 3.93. The van der Waals surface area contributed by atoms with Crippen LogP contribution >= 0.6 is 23.2 Å². The number of hydrogen-bond donors (Lipinski definition) is 1. The predicted molar refractivity (Wildman–Crippen MR) is 74.7 cm³/mol. The van der Waals surface area contributed by atoms with Crippen LogP contribution in [0.4, 0.5) is 5.69 Å². The van der Waals surface area contributed by atoms with Crippen LogP contribution in [0, 0.1) is 10.1 Å². The van der Waals surface area contributed by atoms with Crippen LogP contribution in [0.1, 0.15) is 25.7 Å². The van der Waals surface area contributed by atoms with Crippen molar-refractivity contribution in [1.82, 2.24) is 0 Å². The largest absolute Gasteiger partial charge is 0.490 e. The number of hydrogen-bond acceptors (Lipinski definition) is 4. The molecule has 0 atom stereocenters. The van der Waals surface area contributed by atoms with Gasteiger partial charge >= 0.3 is 5.97 Å². The van der Waals surface area contributed by atoms with Gasteiger partial charge in [0, 0.05) is 18.6 Å². The standard InChI is InChI=1S/C12H13Cl2NO5/c13-9-6-8(15(18)19)7-10(14)12(9)20-5-3-1-2-4-11(16)17/h6-7H,1-5H2,(H,16,17). The zero-order valence-corrected chi connectivity index (χ0v) is 12.0. The summed E-state index contributed by atoms with van der Waals surface area (Å²) in [5.74, 6) is -0.621. The van der Waals surface area contributed by atoms with Crippen molar-refractivity contribution in [3.05, 3.63) is 32.3 Å². The molecule has 0 aliphatic carbocycles. The lowest BCUT2D eigenvalue weighted by Gasteiger charge is -2.09. The highest BCUT2D eigenvalue weighted by atomic mass is 35.5. The maximum Gasteiger partial charge on any atom is 0.303 e. The zero-order chi connectivity index (χ0) is 15.1. The Labute approximate surface area is 125 Å². The van der Waals surface area contributed by atoms with E-state index in [2.05, 4.69) is 0 Å². The van der Waals surface area contributed by atoms with Crippen molar-refractivity contribution in [1.29, 1.82) is 0 Å². The molecule has 0 heterocycles. The molecule has 1 N–H and O–H groups in total. The van der Waals surface area contributed by atoms with Crippen LogP contribution in [0.2, 0.25) is 10.0 Å². The van der Waals surface area contributed by atoms with Gasteiger partial charge in [0.25, 0.3) is 5.69 Å². The van der Waals surface area contributed by atoms with Gasteiger partial charge in [0.1, 0.15) is 0 Å². The average molecular weight is 322 g/mol. The Bertz CT molecular complexity index is 484. The summed E-state index contributed by atoms with van der Waals surface area (Å²) in [6, 6.07) is 2.35. The molecule has 1 aromatic carbocycles. The molecular weight excluding hydrogens is 309 g/mol. The van der Waals surface area contributed by atoms with Gasteiger partial charge in [-0.1, -0.05) is 23.2 Å². The summed E-state index contributed by atoms with van der Waals surface area (Å²) in [6.45, 7) is 0.316. The normalized spacial score (nSPS) is 10.3. The molecular formula is C12H13Cl2NO5. The maximum absolute atomic E-state index is 10.6. The molecule has 0 saturated carbocycles. The van der Waals surface area contributed by atoms with Gasteiger partial charge in [0.15, 0.2) is 5.75 Å². The van der Waals surface area contributed by atoms with Crippen LogP contribution in [0.15, 0.2) is 12.1 Å². The number of carboxylic acids is 1. The van der Waals surface area contributed by atoms with E-state index in [0.29, 0.717) is 25.9 Å². The summed E-state index contributed by atoms with van der Waals surface area (Å²) in [5, 5.41) is 19.2. The minimum atomic E-state index is -0.827. The minimum absolute atomic E-state index is 0.0785. The van der Waals surface area contributed by atoms with Crippen molar-refractivity contribution in [3.8, 4) is 5.75 Å². The van der Waals surface area contributed by atoms with Crippen molar-refractivity contribution in [2.45, 2.75) is 25.7 Å². The van der Waals surface area contributed by atoms with Crippen molar-refractivity contribution in [2.24, 2.45) is 0 Å². The van der Waals surface area contributed by atoms with Gasteiger partial charge in [-0.25, -0.2) is 0 Å². The second kappa shape index (κ2) is 7.91. The van der Waals surface area contributed by atoms with Crippen LogP contribution in [0.3, 0.4) is 0 Å². The summed E-state index contributed by atoms with van der Waals surface area (Å²) in [4.78, 5) is 20.3. The van der Waals surface area contributed by atoms with Crippen LogP contribution in [-0.4, -0.2) is 22.6 Å². The topological polar surface area (TPSA) is 89.7 Å². The molecule has 6 nitrogen and oxygen atoms in total. The van der Waals surface area contributed by atoms with E-state index < -0.39 is 10.9 Å². The number of nitrogens with zero attached hydrogens (tertiary/aromatic N) is 1. The second-order valence-electron chi connectivity index (χ2n) is 4.05. The van der Waals surface area contributed by atoms with Crippen molar-refractivity contribution < 1.29 is 19.6 Å². The number of rotatable bonds is 8. The first-order valence-corrected chi connectivity index (χ1v) is 6.65. The molecule has 0 aromatic heterocycles. The molecule has 0 amide bonds. The smallest absolute Gasteiger partial charge is 0.303 e. The number of aliphatic carboxylic acids is 1. The average Bonchev–Trinajstić information content (AvgIpc) is 2.35. The van der Waals surface area contributed by atoms with Gasteiger partial charge < -0.3 is 9.84 Å². The molecule has 8 heteroatoms. The van der Waals surface area contributed by atoms with Crippen LogP contribution in [0.25, 0.3) is 0 Å². The maximum atomic E-state index is 10.6. The van der Waals surface area contributed by atoms with E-state index in [4.69, 9.17) is 33.0 Å². The van der Waals surface area contributed by atoms with Gasteiger partial charge in [0.05, 0.1) is 21.6 Å². The lowest BCUT2D eigenvalue weighted by molar-refractivity contribution is -0.384. The number of nitro groups is 1. The number of ether oxygens (including phenoxy) is 1. The Hall–Kier alpha value is -1.53. The number of non-ortho nitro benzene ring substituents is 1. The van der Waals surface area contributed by atoms with Gasteiger partial charge in [0.2, 0.25) is 0 Å². The molecule has 0 spiro atoms. The molecule has 0 radical (unpaired) electrons. The van der Waals surface area contributed by atoms with Crippen molar-refractivity contribution >= 4 is 34.9 Å². The van der Waals surface area contributed by atoms with E-state index in [1.807, 2.05) is 0 Å². The number of unbranched alkanes of at least 4 members (excludes halogenated alkanes) is 2. The quantitative estimate of drug-likeness (QED) is 0.445. The molecule has 110 valence electrons. The van der Waals surface area contributed by atoms with Crippen molar-refractivity contribution in [3.63, 3.8) is 0 Å². The number of carboxylic acid groups (broad SMARTS) is 1. The third-order valence-corrected chi connectivity index (χ3v) is 3.04. The van der Waals surface area contributed by atoms with Gasteiger partial charge in [-0.15, -0.1) is 0 Å². The lowest BCUT2D eigenvalue weighted by Crippen LogP contribution is -2.00. The zero-order valence-electron chi connectivity index (χ0n) is 10.5. The van der Waals surface area contributed by atoms with Gasteiger partial charge in [-0.3, -0.25) is 14.9 Å². The third kappa shape index (κ3) is 5.22. The fourth-order valence-corrected chi connectivity index (χ4v) is 2.10. The SMILES string of the molecule is O=C(O)CCCCCOc1c(Cl)cc([N+](=O)[O-])cc1Cl. The fourth-order valence-electron chi connectivity index (χ4n) is 1.52. The minimum Gasteiger partial charge on any atom is -0.490 e. The Morgan fingerprint density at radius 1 is 1.25 bits per heavy atom. The molecule has 1 rings (SSSR count). The Morgan fingerprint density at radius 3 is 2.35 bits per heavy atom. The summed E-state index contributed by atoms with van der Waals surface area (Å²) >= 11 is 11.7. The van der Waals surface area contributed by atoms with E-state index in [0.717, 1.165) is 0 Å². The molecule has 0 saturated heterocycles. The van der Waals surface area contributed by atoms with Gasteiger partial charge in [-0.2, -0.15) is 0 Å². The molecule has 0 fully saturated rings. The number of carbonyl (C=O) groups is 1. The summed E-state index contributed by atoms with van der Waals surface area (Å²) in [5.41, 5.74) is -0.200. The van der Waals surface area contributed by atoms with Crippen molar-refractivity contribution in [2.75, 3.05) is 6.61 Å². The molecule has 0 bridgehead atoms. The van der Waals surface area contributed by atoms with Crippen LogP contribution < -0.4 is 4.74 Å². The molecule has 1 aromatic rings. The monoisotopic (exact) mass is 321 g/mol.